The molecule has 0 bridgehead atoms. The fourth-order valence-corrected chi connectivity index (χ4v) is 2.71. The van der Waals surface area contributed by atoms with Crippen LogP contribution < -0.4 is 4.74 Å². The Morgan fingerprint density at radius 3 is 2.64 bits per heavy atom. The highest BCUT2D eigenvalue weighted by Gasteiger charge is 2.19. The number of carbonyl (C=O) groups is 2. The highest BCUT2D eigenvalue weighted by molar-refractivity contribution is 5.94. The minimum atomic E-state index is -0.00671. The summed E-state index contributed by atoms with van der Waals surface area (Å²) in [7, 11) is 3.66. The lowest BCUT2D eigenvalue weighted by molar-refractivity contribution is -0.130. The van der Waals surface area contributed by atoms with Crippen LogP contribution in [-0.4, -0.2) is 61.8 Å². The zero-order valence-electron chi connectivity index (χ0n) is 13.6. The Bertz CT molecular complexity index is 557. The predicted molar refractivity (Wildman–Crippen MR) is 85.4 cm³/mol. The van der Waals surface area contributed by atoms with Crippen molar-refractivity contribution in [3.05, 3.63) is 29.3 Å². The van der Waals surface area contributed by atoms with Gasteiger partial charge in [0.05, 0.1) is 13.5 Å². The molecule has 5 heteroatoms. The fraction of sp³-hybridized carbons (Fsp3) is 0.529. The van der Waals surface area contributed by atoms with Crippen molar-refractivity contribution >= 4 is 11.7 Å². The van der Waals surface area contributed by atoms with E-state index in [1.54, 1.807) is 25.3 Å². The van der Waals surface area contributed by atoms with Gasteiger partial charge in [0.15, 0.2) is 5.78 Å². The van der Waals surface area contributed by atoms with Crippen LogP contribution in [0.2, 0.25) is 0 Å². The molecular weight excluding hydrogens is 280 g/mol. The third-order valence-electron chi connectivity index (χ3n) is 4.10. The van der Waals surface area contributed by atoms with Gasteiger partial charge in [-0.05, 0) is 45.1 Å². The molecule has 1 aliphatic heterocycles. The Morgan fingerprint density at radius 1 is 1.18 bits per heavy atom. The number of hydrogen-bond acceptors (Lipinski definition) is 4. The third-order valence-corrected chi connectivity index (χ3v) is 4.10. The summed E-state index contributed by atoms with van der Waals surface area (Å²) in [5.41, 5.74) is 1.39. The number of benzene rings is 1. The van der Waals surface area contributed by atoms with E-state index in [0.717, 1.165) is 38.2 Å². The normalized spacial score (nSPS) is 16.2. The monoisotopic (exact) mass is 304 g/mol. The Morgan fingerprint density at radius 2 is 1.95 bits per heavy atom. The first-order valence-electron chi connectivity index (χ1n) is 7.65. The molecule has 0 spiro atoms. The van der Waals surface area contributed by atoms with E-state index in [4.69, 9.17) is 4.74 Å². The largest absolute Gasteiger partial charge is 0.496 e. The smallest absolute Gasteiger partial charge is 0.227 e. The lowest BCUT2D eigenvalue weighted by Gasteiger charge is -2.21. The summed E-state index contributed by atoms with van der Waals surface area (Å²) < 4.78 is 5.32. The lowest BCUT2D eigenvalue weighted by atomic mass is 10.0. The molecule has 22 heavy (non-hydrogen) atoms. The molecule has 1 aromatic carbocycles. The maximum absolute atomic E-state index is 12.5. The van der Waals surface area contributed by atoms with E-state index in [2.05, 4.69) is 11.9 Å². The number of Topliss-reactive ketones (excluding diaryl/α,β-unsaturated/α-hetero) is 1. The van der Waals surface area contributed by atoms with E-state index in [0.29, 0.717) is 11.3 Å². The lowest BCUT2D eigenvalue weighted by Crippen LogP contribution is -2.35. The van der Waals surface area contributed by atoms with Crippen molar-refractivity contribution in [3.63, 3.8) is 0 Å². The van der Waals surface area contributed by atoms with Crippen LogP contribution in [0, 0.1) is 0 Å². The molecule has 1 heterocycles. The van der Waals surface area contributed by atoms with E-state index in [-0.39, 0.29) is 18.1 Å². The van der Waals surface area contributed by atoms with Crippen molar-refractivity contribution in [1.82, 2.24) is 9.80 Å². The summed E-state index contributed by atoms with van der Waals surface area (Å²) in [6, 6.07) is 5.26. The van der Waals surface area contributed by atoms with Crippen molar-refractivity contribution < 1.29 is 14.3 Å². The zero-order chi connectivity index (χ0) is 16.1. The van der Waals surface area contributed by atoms with E-state index in [1.807, 2.05) is 4.90 Å². The summed E-state index contributed by atoms with van der Waals surface area (Å²) in [5.74, 6) is 0.743. The molecule has 0 aromatic heterocycles. The highest BCUT2D eigenvalue weighted by atomic mass is 16.5. The Balaban J connectivity index is 2.13. The second kappa shape index (κ2) is 7.40. The van der Waals surface area contributed by atoms with Crippen LogP contribution in [0.3, 0.4) is 0 Å². The fourth-order valence-electron chi connectivity index (χ4n) is 2.71. The molecule has 5 nitrogen and oxygen atoms in total. The molecule has 0 atom stereocenters. The molecule has 1 aliphatic rings. The molecule has 0 saturated carbocycles. The number of nitrogens with zero attached hydrogens (tertiary/aromatic N) is 2. The van der Waals surface area contributed by atoms with Gasteiger partial charge in [0.1, 0.15) is 5.75 Å². The van der Waals surface area contributed by atoms with Crippen LogP contribution in [0.25, 0.3) is 0 Å². The second-order valence-electron chi connectivity index (χ2n) is 5.80. The minimum Gasteiger partial charge on any atom is -0.496 e. The summed E-state index contributed by atoms with van der Waals surface area (Å²) in [5, 5.41) is 0. The van der Waals surface area contributed by atoms with E-state index in [9.17, 15) is 9.59 Å². The number of carbonyl (C=O) groups excluding carboxylic acids is 2. The van der Waals surface area contributed by atoms with Gasteiger partial charge in [0.2, 0.25) is 5.91 Å². The van der Waals surface area contributed by atoms with Gasteiger partial charge in [0, 0.05) is 30.8 Å². The Hall–Kier alpha value is -1.88. The van der Waals surface area contributed by atoms with Gasteiger partial charge in [-0.2, -0.15) is 0 Å². The van der Waals surface area contributed by atoms with Crippen molar-refractivity contribution in [2.45, 2.75) is 19.8 Å². The molecule has 1 fully saturated rings. The average molecular weight is 304 g/mol. The number of ether oxygens (including phenoxy) is 1. The van der Waals surface area contributed by atoms with Crippen molar-refractivity contribution in [3.8, 4) is 5.75 Å². The van der Waals surface area contributed by atoms with E-state index < -0.39 is 0 Å². The molecule has 0 radical (unpaired) electrons. The number of methoxy groups -OCH3 is 1. The van der Waals surface area contributed by atoms with Gasteiger partial charge in [-0.15, -0.1) is 0 Å². The SMILES string of the molecule is COc1ccc(C(C)=O)cc1CC(=O)N1CCCN(C)CC1. The van der Waals surface area contributed by atoms with Crippen molar-refractivity contribution in [2.75, 3.05) is 40.3 Å². The molecule has 1 saturated heterocycles. The standard InChI is InChI=1S/C17H24N2O3/c1-13(20)14-5-6-16(22-3)15(11-14)12-17(21)19-8-4-7-18(2)9-10-19/h5-6,11H,4,7-10,12H2,1-3H3. The van der Waals surface area contributed by atoms with Gasteiger partial charge >= 0.3 is 0 Å². The maximum Gasteiger partial charge on any atom is 0.227 e. The number of likely N-dealkylation sites (N-methyl/N-ethyl adjacent to an activating group) is 1. The van der Waals surface area contributed by atoms with Gasteiger partial charge in [-0.3, -0.25) is 9.59 Å². The third kappa shape index (κ3) is 4.07. The highest BCUT2D eigenvalue weighted by Crippen LogP contribution is 2.21. The van der Waals surface area contributed by atoms with Crippen molar-refractivity contribution in [1.29, 1.82) is 0 Å². The number of ketones is 1. The van der Waals surface area contributed by atoms with Crippen molar-refractivity contribution in [2.24, 2.45) is 0 Å². The first kappa shape index (κ1) is 16.5. The summed E-state index contributed by atoms with van der Waals surface area (Å²) in [4.78, 5) is 28.2. The quantitative estimate of drug-likeness (QED) is 0.793. The van der Waals surface area contributed by atoms with Gasteiger partial charge in [-0.1, -0.05) is 0 Å². The minimum absolute atomic E-state index is 0.00671. The van der Waals surface area contributed by atoms with Crippen LogP contribution in [-0.2, 0) is 11.2 Å². The molecule has 2 rings (SSSR count). The number of hydrogen-bond donors (Lipinski definition) is 0. The molecule has 120 valence electrons. The van der Waals surface area contributed by atoms with Gasteiger partial charge in [-0.25, -0.2) is 0 Å². The van der Waals surface area contributed by atoms with Crippen LogP contribution >= 0.6 is 0 Å². The van der Waals surface area contributed by atoms with Gasteiger partial charge < -0.3 is 14.5 Å². The van der Waals surface area contributed by atoms with Crippen LogP contribution in [0.4, 0.5) is 0 Å². The second-order valence-corrected chi connectivity index (χ2v) is 5.80. The Labute approximate surface area is 131 Å². The molecule has 1 amide bonds. The number of rotatable bonds is 4. The summed E-state index contributed by atoms with van der Waals surface area (Å²) >= 11 is 0. The van der Waals surface area contributed by atoms with E-state index >= 15 is 0 Å². The summed E-state index contributed by atoms with van der Waals surface area (Å²) in [6.07, 6.45) is 1.26. The van der Waals surface area contributed by atoms with E-state index in [1.165, 1.54) is 6.92 Å². The van der Waals surface area contributed by atoms with Gasteiger partial charge in [0.25, 0.3) is 0 Å². The number of amides is 1. The summed E-state index contributed by atoms with van der Waals surface area (Å²) in [6.45, 7) is 4.99. The average Bonchev–Trinajstić information content (AvgIpc) is 2.71. The topological polar surface area (TPSA) is 49.9 Å². The van der Waals surface area contributed by atoms with Crippen LogP contribution in [0.5, 0.6) is 5.75 Å². The predicted octanol–water partition coefficient (Wildman–Crippen LogP) is 1.60. The van der Waals surface area contributed by atoms with Crippen LogP contribution in [0.1, 0.15) is 29.3 Å². The zero-order valence-corrected chi connectivity index (χ0v) is 13.6. The first-order chi connectivity index (χ1) is 10.5. The molecule has 0 unspecified atom stereocenters. The molecule has 0 N–H and O–H groups in total. The Kier molecular flexibility index (Phi) is 5.55. The molecule has 1 aromatic rings. The first-order valence-corrected chi connectivity index (χ1v) is 7.65. The molecular formula is C17H24N2O3. The van der Waals surface area contributed by atoms with Crippen LogP contribution in [0.15, 0.2) is 18.2 Å². The molecule has 0 aliphatic carbocycles. The maximum atomic E-state index is 12.5.